The molecule has 4 heterocycles. The molecule has 0 aliphatic carbocycles. The highest BCUT2D eigenvalue weighted by atomic mass is 16.5. The molecule has 2 aromatic carbocycles. The predicted octanol–water partition coefficient (Wildman–Crippen LogP) is 4.04. The number of carbonyl (C=O) groups is 2. The van der Waals surface area contributed by atoms with Crippen molar-refractivity contribution in [3.8, 4) is 0 Å². The van der Waals surface area contributed by atoms with E-state index in [-0.39, 0.29) is 35.3 Å². The molecule has 180 valence electrons. The number of rotatable bonds is 4. The Morgan fingerprint density at radius 1 is 1.09 bits per heavy atom. The van der Waals surface area contributed by atoms with Crippen LogP contribution in [0.1, 0.15) is 59.0 Å². The van der Waals surface area contributed by atoms with Crippen LogP contribution in [-0.2, 0) is 15.1 Å². The van der Waals surface area contributed by atoms with E-state index in [1.807, 2.05) is 45.0 Å². The van der Waals surface area contributed by atoms with E-state index in [0.29, 0.717) is 29.7 Å². The van der Waals surface area contributed by atoms with Crippen molar-refractivity contribution in [3.63, 3.8) is 0 Å². The van der Waals surface area contributed by atoms with E-state index in [2.05, 4.69) is 0 Å². The molecular formula is C28H28N2O5. The molecule has 3 aromatic rings. The van der Waals surface area contributed by atoms with Crippen LogP contribution in [0.3, 0.4) is 0 Å². The first kappa shape index (κ1) is 22.0. The van der Waals surface area contributed by atoms with E-state index in [1.165, 1.54) is 0 Å². The Balaban J connectivity index is 1.69. The Labute approximate surface area is 203 Å². The summed E-state index contributed by atoms with van der Waals surface area (Å²) in [6, 6.07) is 11.1. The van der Waals surface area contributed by atoms with Crippen LogP contribution in [0.4, 0.5) is 5.69 Å². The van der Waals surface area contributed by atoms with Gasteiger partial charge in [0.15, 0.2) is 11.0 Å². The molecule has 1 aromatic heterocycles. The van der Waals surface area contributed by atoms with Gasteiger partial charge in [-0.25, -0.2) is 0 Å². The van der Waals surface area contributed by atoms with E-state index in [9.17, 15) is 14.4 Å². The number of fused-ring (bicyclic) bond motifs is 5. The zero-order valence-electron chi connectivity index (χ0n) is 20.2. The number of ether oxygens (including phenoxy) is 1. The molecule has 7 nitrogen and oxygen atoms in total. The van der Waals surface area contributed by atoms with Crippen molar-refractivity contribution in [2.75, 3.05) is 24.6 Å². The lowest BCUT2D eigenvalue weighted by Gasteiger charge is -2.35. The molecule has 0 saturated carbocycles. The van der Waals surface area contributed by atoms with Crippen LogP contribution in [0.15, 0.2) is 45.6 Å². The molecule has 35 heavy (non-hydrogen) atoms. The summed E-state index contributed by atoms with van der Waals surface area (Å²) in [6.45, 7) is 7.22. The molecule has 6 rings (SSSR count). The molecule has 0 bridgehead atoms. The van der Waals surface area contributed by atoms with Gasteiger partial charge in [-0.1, -0.05) is 25.1 Å². The maximum Gasteiger partial charge on any atom is 0.291 e. The lowest BCUT2D eigenvalue weighted by atomic mass is 9.83. The van der Waals surface area contributed by atoms with Gasteiger partial charge in [-0.3, -0.25) is 14.4 Å². The molecule has 7 heteroatoms. The van der Waals surface area contributed by atoms with Crippen LogP contribution in [0.2, 0.25) is 0 Å². The second-order valence-corrected chi connectivity index (χ2v) is 9.80. The maximum atomic E-state index is 14.4. The van der Waals surface area contributed by atoms with Crippen LogP contribution < -0.4 is 10.3 Å². The third-order valence-electron chi connectivity index (χ3n) is 7.71. The second-order valence-electron chi connectivity index (χ2n) is 9.80. The number of hydrogen-bond acceptors (Lipinski definition) is 5. The van der Waals surface area contributed by atoms with E-state index < -0.39 is 11.4 Å². The SMILES string of the molecule is CCCN1C(=O)[C@@]2(c3ccccc31)c1c(oc3cc(C)c(C)cc3c1=O)C(=O)N2C[C@@H]1CCCO1. The molecule has 3 aliphatic rings. The number of hydrogen-bond donors (Lipinski definition) is 0. The van der Waals surface area contributed by atoms with Crippen LogP contribution in [0.5, 0.6) is 0 Å². The van der Waals surface area contributed by atoms with Gasteiger partial charge in [0.25, 0.3) is 11.8 Å². The molecule has 0 N–H and O–H groups in total. The van der Waals surface area contributed by atoms with E-state index in [0.717, 1.165) is 36.1 Å². The molecule has 2 amide bonds. The van der Waals surface area contributed by atoms with E-state index in [1.54, 1.807) is 21.9 Å². The van der Waals surface area contributed by atoms with Crippen molar-refractivity contribution in [1.29, 1.82) is 0 Å². The molecule has 1 saturated heterocycles. The number of anilines is 1. The highest BCUT2D eigenvalue weighted by molar-refractivity contribution is 6.17. The van der Waals surface area contributed by atoms with Crippen LogP contribution >= 0.6 is 0 Å². The standard InChI is InChI=1S/C28H28N2O5/c1-4-11-29-21-10-6-5-9-20(21)28(27(29)33)23-24(31)19-13-16(2)17(3)14-22(19)35-25(23)26(32)30(28)15-18-8-7-12-34-18/h5-6,9-10,13-14,18H,4,7-8,11-12,15H2,1-3H3/t18-,28+/m0/s1. The lowest BCUT2D eigenvalue weighted by Crippen LogP contribution is -2.55. The molecule has 1 spiro atoms. The van der Waals surface area contributed by atoms with Crippen molar-refractivity contribution in [3.05, 3.63) is 74.6 Å². The number of amides is 2. The Hall–Kier alpha value is -3.45. The summed E-state index contributed by atoms with van der Waals surface area (Å²) in [7, 11) is 0. The van der Waals surface area contributed by atoms with Crippen molar-refractivity contribution >= 4 is 28.5 Å². The van der Waals surface area contributed by atoms with Crippen LogP contribution in [0.25, 0.3) is 11.0 Å². The van der Waals surface area contributed by atoms with Crippen molar-refractivity contribution in [2.45, 2.75) is 51.7 Å². The summed E-state index contributed by atoms with van der Waals surface area (Å²) in [4.78, 5) is 45.8. The molecule has 3 aliphatic heterocycles. The van der Waals surface area contributed by atoms with Crippen molar-refractivity contribution < 1.29 is 18.7 Å². The third kappa shape index (κ3) is 2.85. The minimum absolute atomic E-state index is 0.0368. The fourth-order valence-corrected chi connectivity index (χ4v) is 5.93. The van der Waals surface area contributed by atoms with Crippen LogP contribution in [0, 0.1) is 13.8 Å². The molecule has 0 radical (unpaired) electrons. The number of benzene rings is 2. The largest absolute Gasteiger partial charge is 0.450 e. The average molecular weight is 473 g/mol. The zero-order chi connectivity index (χ0) is 24.5. The number of nitrogens with zero attached hydrogens (tertiary/aromatic N) is 2. The third-order valence-corrected chi connectivity index (χ3v) is 7.71. The average Bonchev–Trinajstić information content (AvgIpc) is 3.51. The van der Waals surface area contributed by atoms with Gasteiger partial charge >= 0.3 is 0 Å². The normalized spacial score (nSPS) is 23.1. The zero-order valence-corrected chi connectivity index (χ0v) is 20.2. The first-order valence-corrected chi connectivity index (χ1v) is 12.3. The summed E-state index contributed by atoms with van der Waals surface area (Å²) in [5.41, 5.74) is 1.91. The van der Waals surface area contributed by atoms with Crippen molar-refractivity contribution in [1.82, 2.24) is 4.90 Å². The van der Waals surface area contributed by atoms with Gasteiger partial charge in [0.1, 0.15) is 5.58 Å². The fourth-order valence-electron chi connectivity index (χ4n) is 5.93. The summed E-state index contributed by atoms with van der Waals surface area (Å²) < 4.78 is 12.0. The lowest BCUT2D eigenvalue weighted by molar-refractivity contribution is -0.126. The van der Waals surface area contributed by atoms with Gasteiger partial charge in [0.05, 0.1) is 22.7 Å². The highest BCUT2D eigenvalue weighted by Gasteiger charge is 2.65. The van der Waals surface area contributed by atoms with Gasteiger partial charge in [-0.15, -0.1) is 0 Å². The molecule has 1 fully saturated rings. The first-order valence-electron chi connectivity index (χ1n) is 12.3. The van der Waals surface area contributed by atoms with Crippen LogP contribution in [-0.4, -0.2) is 42.5 Å². The van der Waals surface area contributed by atoms with Crippen molar-refractivity contribution in [2.24, 2.45) is 0 Å². The summed E-state index contributed by atoms with van der Waals surface area (Å²) in [6.07, 6.45) is 2.25. The van der Waals surface area contributed by atoms with E-state index in [4.69, 9.17) is 9.15 Å². The maximum absolute atomic E-state index is 14.4. The topological polar surface area (TPSA) is 80.1 Å². The Kier molecular flexibility index (Phi) is 4.90. The van der Waals surface area contributed by atoms with Gasteiger partial charge in [-0.05, 0) is 62.4 Å². The van der Waals surface area contributed by atoms with Gasteiger partial charge in [0.2, 0.25) is 5.76 Å². The Bertz CT molecular complexity index is 1450. The number of aryl methyl sites for hydroxylation is 2. The highest BCUT2D eigenvalue weighted by Crippen LogP contribution is 2.52. The summed E-state index contributed by atoms with van der Waals surface area (Å²) in [5.74, 6) is -0.749. The van der Waals surface area contributed by atoms with Gasteiger partial charge in [-0.2, -0.15) is 0 Å². The minimum atomic E-state index is -1.56. The van der Waals surface area contributed by atoms with E-state index >= 15 is 0 Å². The minimum Gasteiger partial charge on any atom is -0.450 e. The monoisotopic (exact) mass is 472 g/mol. The molecule has 0 unspecified atom stereocenters. The van der Waals surface area contributed by atoms with Gasteiger partial charge < -0.3 is 19.0 Å². The van der Waals surface area contributed by atoms with Gasteiger partial charge in [0, 0.05) is 25.3 Å². The Morgan fingerprint density at radius 2 is 1.86 bits per heavy atom. The first-order chi connectivity index (χ1) is 16.9. The predicted molar refractivity (Wildman–Crippen MR) is 132 cm³/mol. The summed E-state index contributed by atoms with van der Waals surface area (Å²) >= 11 is 0. The number of carbonyl (C=O) groups excluding carboxylic acids is 2. The summed E-state index contributed by atoms with van der Waals surface area (Å²) in [5, 5.41) is 0.386. The quantitative estimate of drug-likeness (QED) is 0.573. The molecular weight excluding hydrogens is 444 g/mol. The Morgan fingerprint density at radius 3 is 2.60 bits per heavy atom. The second kappa shape index (κ2) is 7.78. The smallest absolute Gasteiger partial charge is 0.291 e. The molecule has 2 atom stereocenters. The number of para-hydroxylation sites is 1. The fraction of sp³-hybridized carbons (Fsp3) is 0.393.